The molecule has 2 N–H and O–H groups in total. The van der Waals surface area contributed by atoms with Gasteiger partial charge in [-0.15, -0.1) is 0 Å². The van der Waals surface area contributed by atoms with Crippen LogP contribution in [0.5, 0.6) is 0 Å². The molecule has 0 saturated heterocycles. The van der Waals surface area contributed by atoms with Gasteiger partial charge in [-0.2, -0.15) is 9.49 Å². The molecule has 33 heavy (non-hydrogen) atoms. The second-order valence-corrected chi connectivity index (χ2v) is 8.71. The van der Waals surface area contributed by atoms with Gasteiger partial charge in [0, 0.05) is 43.4 Å². The van der Waals surface area contributed by atoms with Crippen LogP contribution in [-0.2, 0) is 31.4 Å². The number of nitrogens with one attached hydrogen (secondary N) is 1. The summed E-state index contributed by atoms with van der Waals surface area (Å²) < 4.78 is 48.4. The average Bonchev–Trinajstić information content (AvgIpc) is 3.35. The lowest BCUT2D eigenvalue weighted by atomic mass is 10.2. The zero-order valence-corrected chi connectivity index (χ0v) is 18.7. The SMILES string of the molecule is CNC(OC(=O)/C=C/C(=O)O)c1cn(S(=O)(=O)c2cnn(C)c2)c(-c2cccnc2F)c1Cl. The number of aromatic nitrogens is 4. The number of carboxylic acids is 1. The van der Waals surface area contributed by atoms with E-state index in [9.17, 15) is 22.4 Å². The fourth-order valence-electron chi connectivity index (χ4n) is 2.87. The van der Waals surface area contributed by atoms with Crippen LogP contribution in [0.4, 0.5) is 4.39 Å². The fraction of sp³-hybridized carbons (Fsp3) is 0.158. The molecule has 0 amide bonds. The van der Waals surface area contributed by atoms with E-state index in [-0.39, 0.29) is 26.7 Å². The summed E-state index contributed by atoms with van der Waals surface area (Å²) in [7, 11) is -1.39. The van der Waals surface area contributed by atoms with Crippen molar-refractivity contribution in [2.24, 2.45) is 7.05 Å². The second kappa shape index (κ2) is 9.52. The third-order valence-corrected chi connectivity index (χ3v) is 6.34. The van der Waals surface area contributed by atoms with Crippen LogP contribution in [0.15, 0.2) is 54.0 Å². The maximum absolute atomic E-state index is 14.5. The van der Waals surface area contributed by atoms with Crippen molar-refractivity contribution in [2.75, 3.05) is 7.05 Å². The van der Waals surface area contributed by atoms with Gasteiger partial charge in [-0.05, 0) is 19.2 Å². The van der Waals surface area contributed by atoms with E-state index in [1.165, 1.54) is 43.3 Å². The molecule has 174 valence electrons. The van der Waals surface area contributed by atoms with Crippen molar-refractivity contribution in [3.63, 3.8) is 0 Å². The summed E-state index contributed by atoms with van der Waals surface area (Å²) in [4.78, 5) is 25.9. The van der Waals surface area contributed by atoms with E-state index in [2.05, 4.69) is 15.4 Å². The van der Waals surface area contributed by atoms with Crippen LogP contribution < -0.4 is 5.32 Å². The Balaban J connectivity index is 2.19. The molecule has 3 aromatic rings. The maximum atomic E-state index is 14.5. The molecule has 3 aromatic heterocycles. The number of hydrogen-bond acceptors (Lipinski definition) is 8. The Hall–Kier alpha value is -3.55. The molecule has 0 fully saturated rings. The van der Waals surface area contributed by atoms with Gasteiger partial charge in [0.05, 0.1) is 22.5 Å². The number of esters is 1. The number of pyridine rings is 1. The maximum Gasteiger partial charge on any atom is 0.332 e. The summed E-state index contributed by atoms with van der Waals surface area (Å²) >= 11 is 6.48. The Morgan fingerprint density at radius 2 is 2.06 bits per heavy atom. The molecule has 0 aliphatic carbocycles. The minimum Gasteiger partial charge on any atom is -0.478 e. The molecule has 0 bridgehead atoms. The van der Waals surface area contributed by atoms with Crippen molar-refractivity contribution < 1.29 is 32.2 Å². The molecular formula is C19H17ClFN5O6S. The van der Waals surface area contributed by atoms with E-state index >= 15 is 0 Å². The molecule has 14 heteroatoms. The number of carboxylic acid groups (broad SMARTS) is 1. The molecule has 3 heterocycles. The highest BCUT2D eigenvalue weighted by Gasteiger charge is 2.31. The van der Waals surface area contributed by atoms with Gasteiger partial charge in [0.2, 0.25) is 5.95 Å². The zero-order chi connectivity index (χ0) is 24.3. The predicted octanol–water partition coefficient (Wildman–Crippen LogP) is 1.72. The number of rotatable bonds is 8. The lowest BCUT2D eigenvalue weighted by Crippen LogP contribution is -2.22. The van der Waals surface area contributed by atoms with Crippen LogP contribution in [0.25, 0.3) is 11.3 Å². The first-order valence-corrected chi connectivity index (χ1v) is 10.9. The Labute approximate surface area is 192 Å². The van der Waals surface area contributed by atoms with Crippen molar-refractivity contribution in [3.8, 4) is 11.3 Å². The summed E-state index contributed by atoms with van der Waals surface area (Å²) in [6, 6.07) is 2.69. The number of ether oxygens (including phenoxy) is 1. The number of aliphatic carboxylic acids is 1. The van der Waals surface area contributed by atoms with E-state index < -0.39 is 34.1 Å². The summed E-state index contributed by atoms with van der Waals surface area (Å²) in [5.74, 6) is -3.38. The Morgan fingerprint density at radius 1 is 1.33 bits per heavy atom. The van der Waals surface area contributed by atoms with Gasteiger partial charge in [0.15, 0.2) is 6.23 Å². The van der Waals surface area contributed by atoms with E-state index in [0.717, 1.165) is 16.4 Å². The van der Waals surface area contributed by atoms with Crippen LogP contribution in [0.3, 0.4) is 0 Å². The quantitative estimate of drug-likeness (QED) is 0.205. The van der Waals surface area contributed by atoms with Gasteiger partial charge in [0.1, 0.15) is 4.90 Å². The Kier molecular flexibility index (Phi) is 6.95. The monoisotopic (exact) mass is 497 g/mol. The summed E-state index contributed by atoms with van der Waals surface area (Å²) in [5, 5.41) is 14.9. The minimum absolute atomic E-state index is 0.0260. The molecule has 0 spiro atoms. The number of hydrogen-bond donors (Lipinski definition) is 2. The molecule has 0 saturated carbocycles. The van der Waals surface area contributed by atoms with Gasteiger partial charge in [0.25, 0.3) is 10.0 Å². The lowest BCUT2D eigenvalue weighted by molar-refractivity contribution is -0.145. The number of carbonyl (C=O) groups is 2. The lowest BCUT2D eigenvalue weighted by Gasteiger charge is -2.15. The van der Waals surface area contributed by atoms with Crippen molar-refractivity contribution in [1.29, 1.82) is 0 Å². The number of aryl methyl sites for hydroxylation is 1. The van der Waals surface area contributed by atoms with Crippen molar-refractivity contribution in [2.45, 2.75) is 11.1 Å². The van der Waals surface area contributed by atoms with Gasteiger partial charge < -0.3 is 9.84 Å². The number of carbonyl (C=O) groups excluding carboxylic acids is 1. The molecule has 0 aliphatic rings. The fourth-order valence-corrected chi connectivity index (χ4v) is 4.64. The van der Waals surface area contributed by atoms with E-state index in [4.69, 9.17) is 21.4 Å². The molecule has 11 nitrogen and oxygen atoms in total. The summed E-state index contributed by atoms with van der Waals surface area (Å²) in [6.07, 6.45) is 4.56. The molecule has 3 rings (SSSR count). The van der Waals surface area contributed by atoms with Crippen LogP contribution in [-0.4, -0.2) is 51.2 Å². The van der Waals surface area contributed by atoms with Crippen LogP contribution in [0.2, 0.25) is 5.02 Å². The second-order valence-electron chi connectivity index (χ2n) is 6.52. The molecule has 1 unspecified atom stereocenters. The number of halogens is 2. The van der Waals surface area contributed by atoms with E-state index in [0.29, 0.717) is 12.2 Å². The van der Waals surface area contributed by atoms with Crippen LogP contribution in [0.1, 0.15) is 11.8 Å². The molecule has 0 radical (unpaired) electrons. The predicted molar refractivity (Wildman–Crippen MR) is 113 cm³/mol. The third-order valence-electron chi connectivity index (χ3n) is 4.33. The number of nitrogens with zero attached hydrogens (tertiary/aromatic N) is 4. The summed E-state index contributed by atoms with van der Waals surface area (Å²) in [5.41, 5.74) is -0.492. The smallest absolute Gasteiger partial charge is 0.332 e. The molecule has 0 aromatic carbocycles. The molecular weight excluding hydrogens is 481 g/mol. The zero-order valence-electron chi connectivity index (χ0n) is 17.1. The normalized spacial score (nSPS) is 12.7. The van der Waals surface area contributed by atoms with Crippen LogP contribution >= 0.6 is 11.6 Å². The van der Waals surface area contributed by atoms with Gasteiger partial charge in [-0.25, -0.2) is 27.0 Å². The van der Waals surface area contributed by atoms with Crippen molar-refractivity contribution >= 4 is 33.6 Å². The van der Waals surface area contributed by atoms with Gasteiger partial charge in [-0.1, -0.05) is 11.6 Å². The van der Waals surface area contributed by atoms with Crippen molar-refractivity contribution in [3.05, 3.63) is 65.6 Å². The highest BCUT2D eigenvalue weighted by Crippen LogP contribution is 2.39. The highest BCUT2D eigenvalue weighted by atomic mass is 35.5. The Morgan fingerprint density at radius 3 is 2.64 bits per heavy atom. The first kappa shape index (κ1) is 24.1. The van der Waals surface area contributed by atoms with E-state index in [1.54, 1.807) is 0 Å². The standard InChI is InChI=1S/C19H17ClFN5O6S/c1-22-19(32-15(29)6-5-14(27)28)13-10-26(33(30,31)11-8-24-25(2)9-11)17(16(13)20)12-4-3-7-23-18(12)21/h3-10,19,22H,1-2H3,(H,27,28)/b6-5+. The van der Waals surface area contributed by atoms with Gasteiger partial charge >= 0.3 is 11.9 Å². The van der Waals surface area contributed by atoms with Gasteiger partial charge in [-0.3, -0.25) is 10.00 Å². The average molecular weight is 498 g/mol. The first-order chi connectivity index (χ1) is 15.6. The topological polar surface area (TPSA) is 145 Å². The first-order valence-electron chi connectivity index (χ1n) is 9.11. The largest absolute Gasteiger partial charge is 0.478 e. The Bertz CT molecular complexity index is 1350. The molecule has 0 aliphatic heterocycles. The van der Waals surface area contributed by atoms with Crippen molar-refractivity contribution in [1.82, 2.24) is 24.1 Å². The minimum atomic E-state index is -4.31. The van der Waals surface area contributed by atoms with E-state index in [1.807, 2.05) is 0 Å². The highest BCUT2D eigenvalue weighted by molar-refractivity contribution is 7.90. The summed E-state index contributed by atoms with van der Waals surface area (Å²) in [6.45, 7) is 0. The molecule has 1 atom stereocenters. The van der Waals surface area contributed by atoms with Crippen LogP contribution in [0, 0.1) is 5.95 Å². The third kappa shape index (κ3) is 4.94.